The highest BCUT2D eigenvalue weighted by atomic mass is 35.5. The van der Waals surface area contributed by atoms with E-state index in [0.29, 0.717) is 6.42 Å². The molecule has 0 radical (unpaired) electrons. The Labute approximate surface area is 133 Å². The number of sulfonamides is 1. The molecule has 0 aromatic carbocycles. The van der Waals surface area contributed by atoms with Crippen molar-refractivity contribution in [1.29, 1.82) is 0 Å². The van der Waals surface area contributed by atoms with E-state index in [-0.39, 0.29) is 34.1 Å². The van der Waals surface area contributed by atoms with Crippen LogP contribution in [0.4, 0.5) is 0 Å². The summed E-state index contributed by atoms with van der Waals surface area (Å²) in [6, 6.07) is 1.27. The van der Waals surface area contributed by atoms with Gasteiger partial charge in [0, 0.05) is 26.3 Å². The van der Waals surface area contributed by atoms with Gasteiger partial charge in [-0.1, -0.05) is 23.2 Å². The van der Waals surface area contributed by atoms with Crippen LogP contribution in [0.1, 0.15) is 13.3 Å². The summed E-state index contributed by atoms with van der Waals surface area (Å²) < 4.78 is 26.4. The Bertz CT molecular complexity index is 680. The minimum absolute atomic E-state index is 0.0296. The highest BCUT2D eigenvalue weighted by Gasteiger charge is 2.44. The third-order valence-corrected chi connectivity index (χ3v) is 6.12. The Morgan fingerprint density at radius 1 is 1.48 bits per heavy atom. The SMILES string of the molecule is CNC(=O)C1(C)CCN(S(=O)(=O)c2cnc(Cl)c(Cl)c2)C1. The predicted octanol–water partition coefficient (Wildman–Crippen LogP) is 1.54. The van der Waals surface area contributed by atoms with E-state index in [1.54, 1.807) is 6.92 Å². The van der Waals surface area contributed by atoms with E-state index < -0.39 is 15.4 Å². The fourth-order valence-electron chi connectivity index (χ4n) is 2.30. The van der Waals surface area contributed by atoms with Crippen molar-refractivity contribution in [2.24, 2.45) is 5.41 Å². The van der Waals surface area contributed by atoms with Gasteiger partial charge in [-0.05, 0) is 19.4 Å². The Hall–Kier alpha value is -0.890. The van der Waals surface area contributed by atoms with Crippen molar-refractivity contribution >= 4 is 39.1 Å². The second-order valence-electron chi connectivity index (χ2n) is 5.17. The van der Waals surface area contributed by atoms with Crippen LogP contribution in [0.15, 0.2) is 17.2 Å². The van der Waals surface area contributed by atoms with E-state index in [1.807, 2.05) is 0 Å². The zero-order chi connectivity index (χ0) is 15.8. The first kappa shape index (κ1) is 16.5. The van der Waals surface area contributed by atoms with Crippen molar-refractivity contribution in [3.05, 3.63) is 22.4 Å². The Balaban J connectivity index is 2.30. The van der Waals surface area contributed by atoms with Gasteiger partial charge in [0.1, 0.15) is 10.0 Å². The fourth-order valence-corrected chi connectivity index (χ4v) is 4.18. The molecule has 2 rings (SSSR count). The number of hydrogen-bond acceptors (Lipinski definition) is 4. The average molecular weight is 352 g/mol. The molecule has 9 heteroatoms. The molecule has 2 heterocycles. The van der Waals surface area contributed by atoms with E-state index in [4.69, 9.17) is 23.2 Å². The zero-order valence-corrected chi connectivity index (χ0v) is 13.9. The third kappa shape index (κ3) is 3.01. The highest BCUT2D eigenvalue weighted by Crippen LogP contribution is 2.34. The molecule has 1 aromatic heterocycles. The smallest absolute Gasteiger partial charge is 0.244 e. The molecule has 1 unspecified atom stereocenters. The molecule has 1 fully saturated rings. The first-order valence-electron chi connectivity index (χ1n) is 6.24. The molecule has 1 aromatic rings. The lowest BCUT2D eigenvalue weighted by Crippen LogP contribution is -2.40. The van der Waals surface area contributed by atoms with Gasteiger partial charge in [0.05, 0.1) is 10.4 Å². The summed E-state index contributed by atoms with van der Waals surface area (Å²) in [7, 11) is -2.21. The van der Waals surface area contributed by atoms with Gasteiger partial charge < -0.3 is 5.32 Å². The van der Waals surface area contributed by atoms with Crippen molar-refractivity contribution in [1.82, 2.24) is 14.6 Å². The van der Waals surface area contributed by atoms with E-state index in [1.165, 1.54) is 23.6 Å². The van der Waals surface area contributed by atoms with Crippen molar-refractivity contribution in [3.63, 3.8) is 0 Å². The van der Waals surface area contributed by atoms with Crippen molar-refractivity contribution in [2.75, 3.05) is 20.1 Å². The molecule has 0 saturated carbocycles. The van der Waals surface area contributed by atoms with E-state index in [2.05, 4.69) is 10.3 Å². The largest absolute Gasteiger partial charge is 0.359 e. The summed E-state index contributed by atoms with van der Waals surface area (Å²) in [6.45, 7) is 2.14. The van der Waals surface area contributed by atoms with E-state index in [9.17, 15) is 13.2 Å². The van der Waals surface area contributed by atoms with Crippen molar-refractivity contribution in [2.45, 2.75) is 18.2 Å². The molecule has 1 amide bonds. The maximum atomic E-state index is 12.5. The molecule has 0 spiro atoms. The number of halogens is 2. The summed E-state index contributed by atoms with van der Waals surface area (Å²) in [5.41, 5.74) is -0.731. The van der Waals surface area contributed by atoms with Crippen LogP contribution in [0.25, 0.3) is 0 Å². The zero-order valence-electron chi connectivity index (χ0n) is 11.6. The number of amides is 1. The lowest BCUT2D eigenvalue weighted by Gasteiger charge is -2.22. The van der Waals surface area contributed by atoms with Crippen molar-refractivity contribution in [3.8, 4) is 0 Å². The molecule has 1 aliphatic rings. The number of nitrogens with one attached hydrogen (secondary N) is 1. The molecular formula is C12H15Cl2N3O3S. The number of rotatable bonds is 3. The first-order valence-corrected chi connectivity index (χ1v) is 8.44. The Morgan fingerprint density at radius 3 is 2.71 bits per heavy atom. The summed E-state index contributed by atoms with van der Waals surface area (Å²) in [6.07, 6.45) is 1.62. The molecule has 1 aliphatic heterocycles. The van der Waals surface area contributed by atoms with Crippen LogP contribution in [-0.2, 0) is 14.8 Å². The monoisotopic (exact) mass is 351 g/mol. The van der Waals surface area contributed by atoms with Crippen LogP contribution in [0.3, 0.4) is 0 Å². The maximum Gasteiger partial charge on any atom is 0.244 e. The summed E-state index contributed by atoms with van der Waals surface area (Å²) in [5, 5.41) is 2.69. The quantitative estimate of drug-likeness (QED) is 0.837. The van der Waals surface area contributed by atoms with E-state index >= 15 is 0 Å². The number of carbonyl (C=O) groups is 1. The van der Waals surface area contributed by atoms with Crippen LogP contribution < -0.4 is 5.32 Å². The molecule has 1 atom stereocenters. The van der Waals surface area contributed by atoms with Gasteiger partial charge in [-0.15, -0.1) is 0 Å². The van der Waals surface area contributed by atoms with Gasteiger partial charge in [-0.25, -0.2) is 13.4 Å². The van der Waals surface area contributed by atoms with Gasteiger partial charge >= 0.3 is 0 Å². The Morgan fingerprint density at radius 2 is 2.14 bits per heavy atom. The van der Waals surface area contributed by atoms with E-state index in [0.717, 1.165) is 0 Å². The molecule has 0 aliphatic carbocycles. The van der Waals surface area contributed by atoms with Crippen LogP contribution in [-0.4, -0.2) is 43.8 Å². The second kappa shape index (κ2) is 5.72. The minimum atomic E-state index is -3.74. The summed E-state index contributed by atoms with van der Waals surface area (Å²) >= 11 is 11.5. The number of hydrogen-bond donors (Lipinski definition) is 1. The predicted molar refractivity (Wildman–Crippen MR) is 79.8 cm³/mol. The van der Waals surface area contributed by atoms with Gasteiger partial charge in [-0.2, -0.15) is 4.31 Å². The normalized spacial score (nSPS) is 23.2. The molecule has 1 N–H and O–H groups in total. The van der Waals surface area contributed by atoms with Crippen LogP contribution >= 0.6 is 23.2 Å². The van der Waals surface area contributed by atoms with Crippen LogP contribution in [0, 0.1) is 5.41 Å². The van der Waals surface area contributed by atoms with Gasteiger partial charge in [0.25, 0.3) is 0 Å². The topological polar surface area (TPSA) is 79.4 Å². The Kier molecular flexibility index (Phi) is 4.49. The van der Waals surface area contributed by atoms with Gasteiger partial charge in [0.2, 0.25) is 15.9 Å². The number of nitrogens with zero attached hydrogens (tertiary/aromatic N) is 2. The standard InChI is InChI=1S/C12H15Cl2N3O3S/c1-12(11(18)15-2)3-4-17(7-12)21(19,20)8-5-9(13)10(14)16-6-8/h5-6H,3-4,7H2,1-2H3,(H,15,18). The van der Waals surface area contributed by atoms with Gasteiger partial charge in [-0.3, -0.25) is 4.79 Å². The molecule has 6 nitrogen and oxygen atoms in total. The first-order chi connectivity index (χ1) is 9.70. The van der Waals surface area contributed by atoms with Gasteiger partial charge in [0.15, 0.2) is 0 Å². The lowest BCUT2D eigenvalue weighted by atomic mass is 9.89. The van der Waals surface area contributed by atoms with Crippen molar-refractivity contribution < 1.29 is 13.2 Å². The molecule has 21 heavy (non-hydrogen) atoms. The molecular weight excluding hydrogens is 337 g/mol. The molecule has 0 bridgehead atoms. The maximum absolute atomic E-state index is 12.5. The fraction of sp³-hybridized carbons (Fsp3) is 0.500. The third-order valence-electron chi connectivity index (χ3n) is 3.62. The molecule has 1 saturated heterocycles. The lowest BCUT2D eigenvalue weighted by molar-refractivity contribution is -0.128. The second-order valence-corrected chi connectivity index (χ2v) is 7.88. The minimum Gasteiger partial charge on any atom is -0.359 e. The highest BCUT2D eigenvalue weighted by molar-refractivity contribution is 7.89. The number of carbonyl (C=O) groups excluding carboxylic acids is 1. The number of pyridine rings is 1. The molecule has 116 valence electrons. The summed E-state index contributed by atoms with van der Waals surface area (Å²) in [5.74, 6) is -0.174. The summed E-state index contributed by atoms with van der Waals surface area (Å²) in [4.78, 5) is 15.6. The van der Waals surface area contributed by atoms with Crippen LogP contribution in [0.2, 0.25) is 10.2 Å². The number of aromatic nitrogens is 1. The van der Waals surface area contributed by atoms with Crippen LogP contribution in [0.5, 0.6) is 0 Å². The average Bonchev–Trinajstić information content (AvgIpc) is 2.85.